The molecule has 0 aliphatic carbocycles. The third kappa shape index (κ3) is 3.45. The molecule has 2 rings (SSSR count). The van der Waals surface area contributed by atoms with Gasteiger partial charge in [-0.2, -0.15) is 0 Å². The van der Waals surface area contributed by atoms with Gasteiger partial charge in [0, 0.05) is 13.1 Å². The van der Waals surface area contributed by atoms with E-state index in [-0.39, 0.29) is 18.9 Å². The number of carbonyl (C=O) groups excluding carboxylic acids is 1. The Morgan fingerprint density at radius 1 is 1.42 bits per heavy atom. The van der Waals surface area contributed by atoms with Crippen LogP contribution >= 0.6 is 11.6 Å². The number of amides is 1. The molecule has 0 bridgehead atoms. The number of hydrogen-bond acceptors (Lipinski definition) is 3. The summed E-state index contributed by atoms with van der Waals surface area (Å²) in [6.45, 7) is 1.06. The second kappa shape index (κ2) is 6.04. The highest BCUT2D eigenvalue weighted by Gasteiger charge is 2.27. The van der Waals surface area contributed by atoms with Crippen molar-refractivity contribution in [2.75, 3.05) is 19.7 Å². The van der Waals surface area contributed by atoms with Gasteiger partial charge >= 0.3 is 5.97 Å². The Balaban J connectivity index is 2.07. The quantitative estimate of drug-likeness (QED) is 0.916. The maximum Gasteiger partial charge on any atom is 0.306 e. The second-order valence-electron chi connectivity index (χ2n) is 4.32. The van der Waals surface area contributed by atoms with Crippen molar-refractivity contribution < 1.29 is 19.4 Å². The number of halogens is 1. The molecule has 1 amide bonds. The van der Waals surface area contributed by atoms with Crippen LogP contribution in [-0.4, -0.2) is 47.7 Å². The minimum Gasteiger partial charge on any atom is -0.481 e. The van der Waals surface area contributed by atoms with Crippen LogP contribution < -0.4 is 0 Å². The van der Waals surface area contributed by atoms with Crippen molar-refractivity contribution in [2.24, 2.45) is 0 Å². The number of aliphatic carboxylic acids is 1. The zero-order chi connectivity index (χ0) is 13.8. The third-order valence-electron chi connectivity index (χ3n) is 2.93. The minimum atomic E-state index is -0.933. The van der Waals surface area contributed by atoms with Crippen molar-refractivity contribution >= 4 is 23.5 Å². The molecule has 0 radical (unpaired) electrons. The number of carboxylic acids is 1. The van der Waals surface area contributed by atoms with Crippen molar-refractivity contribution in [1.82, 2.24) is 4.90 Å². The van der Waals surface area contributed by atoms with Crippen molar-refractivity contribution in [1.29, 1.82) is 0 Å². The lowest BCUT2D eigenvalue weighted by atomic mass is 10.1. The molecule has 1 saturated heterocycles. The fraction of sp³-hybridized carbons (Fsp3) is 0.385. The monoisotopic (exact) mass is 283 g/mol. The first-order valence-electron chi connectivity index (χ1n) is 5.95. The van der Waals surface area contributed by atoms with Gasteiger partial charge in [-0.05, 0) is 12.1 Å². The first-order valence-corrected chi connectivity index (χ1v) is 6.33. The van der Waals surface area contributed by atoms with Gasteiger partial charge in [-0.1, -0.05) is 23.7 Å². The zero-order valence-corrected chi connectivity index (χ0v) is 11.0. The summed E-state index contributed by atoms with van der Waals surface area (Å²) in [7, 11) is 0. The Labute approximate surface area is 115 Å². The highest BCUT2D eigenvalue weighted by molar-refractivity contribution is 6.33. The molecule has 5 nitrogen and oxygen atoms in total. The predicted molar refractivity (Wildman–Crippen MR) is 69.3 cm³/mol. The zero-order valence-electron chi connectivity index (χ0n) is 10.2. The van der Waals surface area contributed by atoms with Gasteiger partial charge in [-0.15, -0.1) is 0 Å². The molecular weight excluding hydrogens is 270 g/mol. The van der Waals surface area contributed by atoms with Crippen LogP contribution in [0, 0.1) is 0 Å². The maximum atomic E-state index is 12.3. The van der Waals surface area contributed by atoms with Crippen LogP contribution in [0.5, 0.6) is 0 Å². The molecule has 1 aromatic carbocycles. The number of ether oxygens (including phenoxy) is 1. The second-order valence-corrected chi connectivity index (χ2v) is 4.73. The molecule has 102 valence electrons. The standard InChI is InChI=1S/C13H14ClNO4/c14-11-4-2-1-3-10(11)13(18)15-5-6-19-9(8-15)7-12(16)17/h1-4,9H,5-8H2,(H,16,17). The summed E-state index contributed by atoms with van der Waals surface area (Å²) in [6.07, 6.45) is -0.565. The number of carbonyl (C=O) groups is 2. The molecular formula is C13H14ClNO4. The van der Waals surface area contributed by atoms with Gasteiger partial charge in [-0.3, -0.25) is 9.59 Å². The summed E-state index contributed by atoms with van der Waals surface area (Å²) >= 11 is 5.99. The Bertz CT molecular complexity index is 491. The van der Waals surface area contributed by atoms with Crippen LogP contribution in [0.4, 0.5) is 0 Å². The Kier molecular flexibility index (Phi) is 4.39. The Morgan fingerprint density at radius 3 is 2.84 bits per heavy atom. The SMILES string of the molecule is O=C(O)CC1CN(C(=O)c2ccccc2Cl)CCO1. The van der Waals surface area contributed by atoms with E-state index in [9.17, 15) is 9.59 Å². The van der Waals surface area contributed by atoms with Crippen LogP contribution in [0.15, 0.2) is 24.3 Å². The van der Waals surface area contributed by atoms with Gasteiger partial charge in [-0.25, -0.2) is 0 Å². The number of rotatable bonds is 3. The van der Waals surface area contributed by atoms with E-state index in [1.807, 2.05) is 0 Å². The first kappa shape index (κ1) is 13.8. The molecule has 6 heteroatoms. The molecule has 0 aromatic heterocycles. The van der Waals surface area contributed by atoms with Crippen molar-refractivity contribution in [3.8, 4) is 0 Å². The van der Waals surface area contributed by atoms with Gasteiger partial charge in [0.1, 0.15) is 0 Å². The van der Waals surface area contributed by atoms with Crippen molar-refractivity contribution in [2.45, 2.75) is 12.5 Å². The van der Waals surface area contributed by atoms with E-state index in [2.05, 4.69) is 0 Å². The number of morpholine rings is 1. The van der Waals surface area contributed by atoms with Gasteiger partial charge in [0.15, 0.2) is 0 Å². The fourth-order valence-electron chi connectivity index (χ4n) is 2.03. The summed E-state index contributed by atoms with van der Waals surface area (Å²) in [5.74, 6) is -1.12. The van der Waals surface area contributed by atoms with Crippen LogP contribution in [0.3, 0.4) is 0 Å². The highest BCUT2D eigenvalue weighted by atomic mass is 35.5. The molecule has 0 spiro atoms. The lowest BCUT2D eigenvalue weighted by Gasteiger charge is -2.32. The third-order valence-corrected chi connectivity index (χ3v) is 3.26. The Morgan fingerprint density at radius 2 is 2.16 bits per heavy atom. The van der Waals surface area contributed by atoms with Gasteiger partial charge in [0.2, 0.25) is 0 Å². The lowest BCUT2D eigenvalue weighted by molar-refractivity contribution is -0.141. The van der Waals surface area contributed by atoms with Crippen LogP contribution in [0.2, 0.25) is 5.02 Å². The van der Waals surface area contributed by atoms with E-state index in [0.29, 0.717) is 23.7 Å². The number of carboxylic acid groups (broad SMARTS) is 1. The van der Waals surface area contributed by atoms with E-state index < -0.39 is 12.1 Å². The summed E-state index contributed by atoms with van der Waals surface area (Å²) in [6, 6.07) is 6.82. The summed E-state index contributed by atoms with van der Waals surface area (Å²) in [5, 5.41) is 9.14. The summed E-state index contributed by atoms with van der Waals surface area (Å²) < 4.78 is 5.33. The molecule has 1 aliphatic rings. The largest absolute Gasteiger partial charge is 0.481 e. The lowest BCUT2D eigenvalue weighted by Crippen LogP contribution is -2.46. The van der Waals surface area contributed by atoms with Crippen molar-refractivity contribution in [3.63, 3.8) is 0 Å². The van der Waals surface area contributed by atoms with E-state index in [1.54, 1.807) is 29.2 Å². The highest BCUT2D eigenvalue weighted by Crippen LogP contribution is 2.19. The fourth-order valence-corrected chi connectivity index (χ4v) is 2.24. The van der Waals surface area contributed by atoms with E-state index >= 15 is 0 Å². The molecule has 1 fully saturated rings. The molecule has 1 N–H and O–H groups in total. The molecule has 1 unspecified atom stereocenters. The topological polar surface area (TPSA) is 66.8 Å². The first-order chi connectivity index (χ1) is 9.08. The van der Waals surface area contributed by atoms with Gasteiger partial charge in [0.05, 0.1) is 29.7 Å². The number of nitrogens with zero attached hydrogens (tertiary/aromatic N) is 1. The summed E-state index contributed by atoms with van der Waals surface area (Å²) in [4.78, 5) is 24.5. The maximum absolute atomic E-state index is 12.3. The minimum absolute atomic E-state index is 0.105. The van der Waals surface area contributed by atoms with E-state index in [4.69, 9.17) is 21.4 Å². The molecule has 1 heterocycles. The van der Waals surface area contributed by atoms with Crippen molar-refractivity contribution in [3.05, 3.63) is 34.9 Å². The molecule has 1 aliphatic heterocycles. The molecule has 0 saturated carbocycles. The molecule has 19 heavy (non-hydrogen) atoms. The summed E-state index contributed by atoms with van der Waals surface area (Å²) in [5.41, 5.74) is 0.431. The van der Waals surface area contributed by atoms with E-state index in [0.717, 1.165) is 0 Å². The van der Waals surface area contributed by atoms with Crippen LogP contribution in [0.1, 0.15) is 16.8 Å². The van der Waals surface area contributed by atoms with Gasteiger partial charge < -0.3 is 14.7 Å². The average molecular weight is 284 g/mol. The number of hydrogen-bond donors (Lipinski definition) is 1. The Hall–Kier alpha value is -1.59. The number of benzene rings is 1. The van der Waals surface area contributed by atoms with Crippen LogP contribution in [-0.2, 0) is 9.53 Å². The normalized spacial score (nSPS) is 19.2. The molecule has 1 aromatic rings. The molecule has 1 atom stereocenters. The van der Waals surface area contributed by atoms with E-state index in [1.165, 1.54) is 0 Å². The predicted octanol–water partition coefficient (Wildman–Crippen LogP) is 1.66. The van der Waals surface area contributed by atoms with Crippen LogP contribution in [0.25, 0.3) is 0 Å². The van der Waals surface area contributed by atoms with Gasteiger partial charge in [0.25, 0.3) is 5.91 Å². The smallest absolute Gasteiger partial charge is 0.306 e. The average Bonchev–Trinajstić information content (AvgIpc) is 2.38.